The lowest BCUT2D eigenvalue weighted by atomic mass is 9.81. The van der Waals surface area contributed by atoms with Crippen LogP contribution in [-0.2, 0) is 19.1 Å². The van der Waals surface area contributed by atoms with E-state index in [1.54, 1.807) is 18.2 Å². The standard InChI is InChI=1S/C21H23NO7/c23-16(13-5-6-17-18(11-13)28-10-9-27-17)12-29-19(24)7-8-22-20(25)14-3-1-2-4-15(14)21(22)26/h5-6,11,14-15H,1-4,7-10,12H2/t14-,15-/m0/s1. The van der Waals surface area contributed by atoms with Gasteiger partial charge in [-0.05, 0) is 31.0 Å². The molecule has 1 aromatic carbocycles. The van der Waals surface area contributed by atoms with Crippen molar-refractivity contribution in [3.8, 4) is 11.5 Å². The number of rotatable bonds is 6. The summed E-state index contributed by atoms with van der Waals surface area (Å²) in [6.07, 6.45) is 3.27. The van der Waals surface area contributed by atoms with Crippen molar-refractivity contribution in [3.63, 3.8) is 0 Å². The van der Waals surface area contributed by atoms with E-state index in [1.807, 2.05) is 0 Å². The number of likely N-dealkylation sites (tertiary alicyclic amines) is 1. The number of nitrogens with zero attached hydrogens (tertiary/aromatic N) is 1. The van der Waals surface area contributed by atoms with Crippen LogP contribution in [0.15, 0.2) is 18.2 Å². The van der Waals surface area contributed by atoms with Crippen molar-refractivity contribution in [1.82, 2.24) is 4.90 Å². The number of ether oxygens (including phenoxy) is 3. The van der Waals surface area contributed by atoms with Crippen LogP contribution in [0.1, 0.15) is 42.5 Å². The first kappa shape index (κ1) is 19.4. The summed E-state index contributed by atoms with van der Waals surface area (Å²) in [5.74, 6) is -0.750. The number of Topliss-reactive ketones (excluding diaryl/α,β-unsaturated/α-hetero) is 1. The molecule has 0 spiro atoms. The molecule has 3 aliphatic rings. The zero-order valence-corrected chi connectivity index (χ0v) is 16.1. The second-order valence-corrected chi connectivity index (χ2v) is 7.52. The van der Waals surface area contributed by atoms with Gasteiger partial charge >= 0.3 is 5.97 Å². The fourth-order valence-electron chi connectivity index (χ4n) is 4.17. The fourth-order valence-corrected chi connectivity index (χ4v) is 4.17. The SMILES string of the molecule is O=C(CCN1C(=O)[C@H]2CCCC[C@@H]2C1=O)OCC(=O)c1ccc2c(c1)OCCO2. The number of amides is 2. The van der Waals surface area contributed by atoms with Crippen molar-refractivity contribution in [2.75, 3.05) is 26.4 Å². The van der Waals surface area contributed by atoms with Gasteiger partial charge in [0.15, 0.2) is 23.9 Å². The molecule has 1 aromatic rings. The van der Waals surface area contributed by atoms with Gasteiger partial charge in [0.05, 0.1) is 18.3 Å². The molecule has 0 aromatic heterocycles. The summed E-state index contributed by atoms with van der Waals surface area (Å²) in [6.45, 7) is 0.462. The zero-order valence-electron chi connectivity index (χ0n) is 16.1. The van der Waals surface area contributed by atoms with E-state index in [1.165, 1.54) is 4.90 Å². The maximum Gasteiger partial charge on any atom is 0.308 e. The van der Waals surface area contributed by atoms with Crippen LogP contribution < -0.4 is 9.47 Å². The predicted octanol–water partition coefficient (Wildman–Crippen LogP) is 1.75. The van der Waals surface area contributed by atoms with Crippen LogP contribution in [0.2, 0.25) is 0 Å². The highest BCUT2D eigenvalue weighted by atomic mass is 16.6. The average molecular weight is 401 g/mol. The topological polar surface area (TPSA) is 99.2 Å². The number of hydrogen-bond acceptors (Lipinski definition) is 7. The molecule has 0 N–H and O–H groups in total. The monoisotopic (exact) mass is 401 g/mol. The number of hydrogen-bond donors (Lipinski definition) is 0. The summed E-state index contributed by atoms with van der Waals surface area (Å²) in [5, 5.41) is 0. The molecule has 154 valence electrons. The minimum absolute atomic E-state index is 0.00170. The predicted molar refractivity (Wildman–Crippen MR) is 99.5 cm³/mol. The molecule has 1 aliphatic carbocycles. The summed E-state index contributed by atoms with van der Waals surface area (Å²) >= 11 is 0. The van der Waals surface area contributed by atoms with Crippen LogP contribution in [0, 0.1) is 11.8 Å². The van der Waals surface area contributed by atoms with Gasteiger partial charge in [-0.15, -0.1) is 0 Å². The molecule has 4 rings (SSSR count). The molecular weight excluding hydrogens is 378 g/mol. The van der Waals surface area contributed by atoms with Gasteiger partial charge in [0.1, 0.15) is 13.2 Å². The number of esters is 1. The van der Waals surface area contributed by atoms with Crippen molar-refractivity contribution in [2.45, 2.75) is 32.1 Å². The van der Waals surface area contributed by atoms with Gasteiger partial charge in [-0.2, -0.15) is 0 Å². The largest absolute Gasteiger partial charge is 0.486 e. The van der Waals surface area contributed by atoms with Crippen molar-refractivity contribution in [3.05, 3.63) is 23.8 Å². The Morgan fingerprint density at radius 2 is 1.66 bits per heavy atom. The molecule has 2 amide bonds. The normalized spacial score (nSPS) is 23.0. The molecule has 0 bridgehead atoms. The van der Waals surface area contributed by atoms with Gasteiger partial charge in [-0.3, -0.25) is 24.1 Å². The van der Waals surface area contributed by atoms with E-state index >= 15 is 0 Å². The third kappa shape index (κ3) is 3.97. The summed E-state index contributed by atoms with van der Waals surface area (Å²) in [5.41, 5.74) is 0.357. The van der Waals surface area contributed by atoms with Crippen molar-refractivity contribution >= 4 is 23.6 Å². The lowest BCUT2D eigenvalue weighted by molar-refractivity contribution is -0.145. The van der Waals surface area contributed by atoms with Crippen molar-refractivity contribution in [1.29, 1.82) is 0 Å². The number of fused-ring (bicyclic) bond motifs is 2. The summed E-state index contributed by atoms with van der Waals surface area (Å²) in [4.78, 5) is 50.3. The van der Waals surface area contributed by atoms with Gasteiger partial charge in [0, 0.05) is 12.1 Å². The first-order valence-electron chi connectivity index (χ1n) is 9.98. The first-order valence-corrected chi connectivity index (χ1v) is 9.98. The van der Waals surface area contributed by atoms with E-state index in [0.29, 0.717) is 30.3 Å². The molecule has 0 unspecified atom stereocenters. The molecular formula is C21H23NO7. The third-order valence-corrected chi connectivity index (χ3v) is 5.70. The van der Waals surface area contributed by atoms with E-state index in [4.69, 9.17) is 14.2 Å². The number of benzene rings is 1. The number of carbonyl (C=O) groups is 4. The van der Waals surface area contributed by atoms with Crippen LogP contribution in [-0.4, -0.2) is 54.8 Å². The Bertz CT molecular complexity index is 825. The van der Waals surface area contributed by atoms with Crippen LogP contribution >= 0.6 is 0 Å². The minimum atomic E-state index is -0.619. The number of imide groups is 1. The Labute approximate surface area is 168 Å². The molecule has 1 saturated carbocycles. The smallest absolute Gasteiger partial charge is 0.308 e. The molecule has 2 aliphatic heterocycles. The van der Waals surface area contributed by atoms with Gasteiger partial charge in [0.25, 0.3) is 0 Å². The lowest BCUT2D eigenvalue weighted by Gasteiger charge is -2.19. The molecule has 2 heterocycles. The molecule has 2 fully saturated rings. The Morgan fingerprint density at radius 1 is 1.00 bits per heavy atom. The Morgan fingerprint density at radius 3 is 2.34 bits per heavy atom. The average Bonchev–Trinajstić information content (AvgIpc) is 3.00. The fraction of sp³-hybridized carbons (Fsp3) is 0.524. The molecule has 8 heteroatoms. The summed E-state index contributed by atoms with van der Waals surface area (Å²) in [7, 11) is 0. The maximum atomic E-state index is 12.4. The van der Waals surface area contributed by atoms with Crippen LogP contribution in [0.4, 0.5) is 0 Å². The molecule has 2 atom stereocenters. The first-order chi connectivity index (χ1) is 14.0. The van der Waals surface area contributed by atoms with Crippen LogP contribution in [0.25, 0.3) is 0 Å². The van der Waals surface area contributed by atoms with E-state index in [2.05, 4.69) is 0 Å². The van der Waals surface area contributed by atoms with Gasteiger partial charge in [-0.25, -0.2) is 0 Å². The second kappa shape index (κ2) is 8.23. The Kier molecular flexibility index (Phi) is 5.51. The number of ketones is 1. The molecule has 8 nitrogen and oxygen atoms in total. The van der Waals surface area contributed by atoms with E-state index in [0.717, 1.165) is 25.7 Å². The highest BCUT2D eigenvalue weighted by Crippen LogP contribution is 2.38. The van der Waals surface area contributed by atoms with E-state index < -0.39 is 12.6 Å². The van der Waals surface area contributed by atoms with Gasteiger partial charge < -0.3 is 14.2 Å². The van der Waals surface area contributed by atoms with Crippen molar-refractivity contribution in [2.24, 2.45) is 11.8 Å². The Hall–Kier alpha value is -2.90. The van der Waals surface area contributed by atoms with Gasteiger partial charge in [-0.1, -0.05) is 12.8 Å². The maximum absolute atomic E-state index is 12.4. The van der Waals surface area contributed by atoms with Gasteiger partial charge in [0.2, 0.25) is 11.8 Å². The highest BCUT2D eigenvalue weighted by molar-refractivity contribution is 6.05. The van der Waals surface area contributed by atoms with E-state index in [-0.39, 0.29) is 42.4 Å². The molecule has 29 heavy (non-hydrogen) atoms. The summed E-state index contributed by atoms with van der Waals surface area (Å²) in [6, 6.07) is 4.80. The minimum Gasteiger partial charge on any atom is -0.486 e. The van der Waals surface area contributed by atoms with Crippen molar-refractivity contribution < 1.29 is 33.4 Å². The second-order valence-electron chi connectivity index (χ2n) is 7.52. The third-order valence-electron chi connectivity index (χ3n) is 5.70. The number of carbonyl (C=O) groups excluding carboxylic acids is 4. The van der Waals surface area contributed by atoms with Crippen LogP contribution in [0.3, 0.4) is 0 Å². The van der Waals surface area contributed by atoms with E-state index in [9.17, 15) is 19.2 Å². The quantitative estimate of drug-likeness (QED) is 0.407. The molecule has 1 saturated heterocycles. The lowest BCUT2D eigenvalue weighted by Crippen LogP contribution is -2.33. The van der Waals surface area contributed by atoms with Crippen LogP contribution in [0.5, 0.6) is 11.5 Å². The molecule has 0 radical (unpaired) electrons. The summed E-state index contributed by atoms with van der Waals surface area (Å²) < 4.78 is 15.9. The highest BCUT2D eigenvalue weighted by Gasteiger charge is 2.47. The zero-order chi connectivity index (χ0) is 20.4. The Balaban J connectivity index is 1.26.